The first-order valence-electron chi connectivity index (χ1n) is 4.33. The van der Waals surface area contributed by atoms with Gasteiger partial charge in [-0.15, -0.1) is 11.6 Å². The fourth-order valence-corrected chi connectivity index (χ4v) is 2.61. The summed E-state index contributed by atoms with van der Waals surface area (Å²) in [7, 11) is 0. The molecule has 1 amide bonds. The maximum Gasteiger partial charge on any atom is 0.315 e. The van der Waals surface area contributed by atoms with Gasteiger partial charge in [-0.25, -0.2) is 0 Å². The Kier molecular flexibility index (Phi) is 4.79. The van der Waals surface area contributed by atoms with E-state index in [-0.39, 0.29) is 18.2 Å². The summed E-state index contributed by atoms with van der Waals surface area (Å²) in [6, 6.07) is -0.789. The summed E-state index contributed by atoms with van der Waals surface area (Å²) < 4.78 is 24.4. The molecule has 1 heterocycles. The van der Waals surface area contributed by atoms with Gasteiger partial charge < -0.3 is 4.90 Å². The molecule has 7 heteroatoms. The molecule has 0 spiro atoms. The smallest absolute Gasteiger partial charge is 0.315 e. The van der Waals surface area contributed by atoms with Crippen LogP contribution < -0.4 is 0 Å². The fourth-order valence-electron chi connectivity index (χ4n) is 1.35. The SMILES string of the molecule is O=C(CCl)C1CSCCN1C(=O)C(F)F. The Hall–Kier alpha value is -0.360. The minimum absolute atomic E-state index is 0.182. The van der Waals surface area contributed by atoms with Crippen LogP contribution in [0.4, 0.5) is 8.78 Å². The van der Waals surface area contributed by atoms with Crippen LogP contribution in [0.15, 0.2) is 0 Å². The first kappa shape index (κ1) is 12.7. The lowest BCUT2D eigenvalue weighted by Crippen LogP contribution is -2.52. The molecule has 0 saturated carbocycles. The molecular formula is C8H10ClF2NO2S. The topological polar surface area (TPSA) is 37.4 Å². The van der Waals surface area contributed by atoms with E-state index in [1.165, 1.54) is 11.8 Å². The van der Waals surface area contributed by atoms with Crippen LogP contribution in [0.3, 0.4) is 0 Å². The molecule has 0 aromatic rings. The number of halogens is 3. The molecule has 1 atom stereocenters. The van der Waals surface area contributed by atoms with Crippen molar-refractivity contribution in [3.8, 4) is 0 Å². The van der Waals surface area contributed by atoms with E-state index in [9.17, 15) is 18.4 Å². The number of hydrogen-bond acceptors (Lipinski definition) is 3. The molecule has 0 aliphatic carbocycles. The third kappa shape index (κ3) is 3.04. The highest BCUT2D eigenvalue weighted by molar-refractivity contribution is 7.99. The van der Waals surface area contributed by atoms with Gasteiger partial charge in [-0.05, 0) is 0 Å². The first-order valence-corrected chi connectivity index (χ1v) is 6.02. The van der Waals surface area contributed by atoms with Gasteiger partial charge in [0.1, 0.15) is 6.04 Å². The second-order valence-corrected chi connectivity index (χ2v) is 4.44. The second-order valence-electron chi connectivity index (χ2n) is 3.02. The molecule has 0 N–H and O–H groups in total. The predicted octanol–water partition coefficient (Wildman–Crippen LogP) is 1.00. The maximum atomic E-state index is 12.2. The molecule has 0 aromatic carbocycles. The van der Waals surface area contributed by atoms with Crippen molar-refractivity contribution < 1.29 is 18.4 Å². The summed E-state index contributed by atoms with van der Waals surface area (Å²) in [6.45, 7) is 0.182. The normalized spacial score (nSPS) is 21.9. The van der Waals surface area contributed by atoms with E-state index in [1.54, 1.807) is 0 Å². The number of alkyl halides is 3. The van der Waals surface area contributed by atoms with Crippen LogP contribution in [0.2, 0.25) is 0 Å². The molecule has 3 nitrogen and oxygen atoms in total. The summed E-state index contributed by atoms with van der Waals surface area (Å²) in [5, 5.41) is 0. The highest BCUT2D eigenvalue weighted by Gasteiger charge is 2.35. The Morgan fingerprint density at radius 2 is 2.20 bits per heavy atom. The van der Waals surface area contributed by atoms with Crippen molar-refractivity contribution in [1.82, 2.24) is 4.90 Å². The van der Waals surface area contributed by atoms with Gasteiger partial charge >= 0.3 is 6.43 Å². The van der Waals surface area contributed by atoms with Crippen molar-refractivity contribution in [2.24, 2.45) is 0 Å². The van der Waals surface area contributed by atoms with Gasteiger partial charge in [-0.3, -0.25) is 9.59 Å². The molecule has 15 heavy (non-hydrogen) atoms. The molecule has 0 aromatic heterocycles. The maximum absolute atomic E-state index is 12.2. The lowest BCUT2D eigenvalue weighted by atomic mass is 10.2. The number of hydrogen-bond donors (Lipinski definition) is 0. The summed E-state index contributed by atoms with van der Waals surface area (Å²) >= 11 is 6.81. The third-order valence-corrected chi connectivity index (χ3v) is 3.39. The van der Waals surface area contributed by atoms with Crippen LogP contribution in [0.5, 0.6) is 0 Å². The van der Waals surface area contributed by atoms with Crippen molar-refractivity contribution in [2.45, 2.75) is 12.5 Å². The van der Waals surface area contributed by atoms with Crippen molar-refractivity contribution >= 4 is 35.1 Å². The van der Waals surface area contributed by atoms with Gasteiger partial charge in [0.2, 0.25) is 0 Å². The second kappa shape index (κ2) is 5.65. The third-order valence-electron chi connectivity index (χ3n) is 2.10. The number of amides is 1. The fraction of sp³-hybridized carbons (Fsp3) is 0.750. The van der Waals surface area contributed by atoms with Gasteiger partial charge in [-0.1, -0.05) is 0 Å². The van der Waals surface area contributed by atoms with Crippen molar-refractivity contribution in [2.75, 3.05) is 23.9 Å². The summed E-state index contributed by atoms with van der Waals surface area (Å²) in [4.78, 5) is 23.4. The van der Waals surface area contributed by atoms with E-state index in [2.05, 4.69) is 0 Å². The van der Waals surface area contributed by atoms with Crippen LogP contribution in [-0.4, -0.2) is 53.0 Å². The summed E-state index contributed by atoms with van der Waals surface area (Å²) in [6.07, 6.45) is -3.06. The Labute approximate surface area is 95.1 Å². The van der Waals surface area contributed by atoms with E-state index < -0.39 is 18.4 Å². The van der Waals surface area contributed by atoms with Gasteiger partial charge in [0, 0.05) is 18.1 Å². The molecule has 1 saturated heterocycles. The molecule has 1 unspecified atom stereocenters. The summed E-state index contributed by atoms with van der Waals surface area (Å²) in [5.41, 5.74) is 0. The van der Waals surface area contributed by atoms with Crippen LogP contribution in [-0.2, 0) is 9.59 Å². The Morgan fingerprint density at radius 1 is 1.53 bits per heavy atom. The molecule has 0 radical (unpaired) electrons. The first-order chi connectivity index (χ1) is 7.07. The lowest BCUT2D eigenvalue weighted by molar-refractivity contribution is -0.147. The number of nitrogens with zero attached hydrogens (tertiary/aromatic N) is 1. The molecule has 1 fully saturated rings. The minimum Gasteiger partial charge on any atom is -0.326 e. The van der Waals surface area contributed by atoms with E-state index in [0.29, 0.717) is 11.5 Å². The number of ketones is 1. The Bertz CT molecular complexity index is 265. The average molecular weight is 258 g/mol. The number of rotatable bonds is 3. The monoisotopic (exact) mass is 257 g/mol. The predicted molar refractivity (Wildman–Crippen MR) is 54.6 cm³/mol. The number of Topliss-reactive ketones (excluding diaryl/α,β-unsaturated/α-hetero) is 1. The number of carbonyl (C=O) groups excluding carboxylic acids is 2. The van der Waals surface area contributed by atoms with Gasteiger partial charge in [-0.2, -0.15) is 20.5 Å². The average Bonchev–Trinajstić information content (AvgIpc) is 2.27. The van der Waals surface area contributed by atoms with E-state index in [1.807, 2.05) is 0 Å². The quantitative estimate of drug-likeness (QED) is 0.708. The number of thioether (sulfide) groups is 1. The Balaban J connectivity index is 2.73. The Morgan fingerprint density at radius 3 is 2.73 bits per heavy atom. The molecular weight excluding hydrogens is 248 g/mol. The van der Waals surface area contributed by atoms with E-state index in [0.717, 1.165) is 4.90 Å². The van der Waals surface area contributed by atoms with Crippen LogP contribution >= 0.6 is 23.4 Å². The zero-order chi connectivity index (χ0) is 11.4. The highest BCUT2D eigenvalue weighted by atomic mass is 35.5. The van der Waals surface area contributed by atoms with E-state index >= 15 is 0 Å². The van der Waals surface area contributed by atoms with Crippen LogP contribution in [0.25, 0.3) is 0 Å². The van der Waals surface area contributed by atoms with Crippen LogP contribution in [0.1, 0.15) is 0 Å². The summed E-state index contributed by atoms with van der Waals surface area (Å²) in [5.74, 6) is -0.982. The van der Waals surface area contributed by atoms with Crippen molar-refractivity contribution in [1.29, 1.82) is 0 Å². The molecule has 1 rings (SSSR count). The van der Waals surface area contributed by atoms with Gasteiger partial charge in [0.25, 0.3) is 5.91 Å². The zero-order valence-corrected chi connectivity index (χ0v) is 9.36. The van der Waals surface area contributed by atoms with Gasteiger partial charge in [0.05, 0.1) is 5.88 Å². The van der Waals surface area contributed by atoms with E-state index in [4.69, 9.17) is 11.6 Å². The van der Waals surface area contributed by atoms with Crippen molar-refractivity contribution in [3.05, 3.63) is 0 Å². The lowest BCUT2D eigenvalue weighted by Gasteiger charge is -2.33. The van der Waals surface area contributed by atoms with Crippen molar-refractivity contribution in [3.63, 3.8) is 0 Å². The zero-order valence-electron chi connectivity index (χ0n) is 7.79. The van der Waals surface area contributed by atoms with Crippen LogP contribution in [0, 0.1) is 0 Å². The minimum atomic E-state index is -3.06. The number of carbonyl (C=O) groups is 2. The molecule has 1 aliphatic heterocycles. The largest absolute Gasteiger partial charge is 0.326 e. The highest BCUT2D eigenvalue weighted by Crippen LogP contribution is 2.19. The standard InChI is InChI=1S/C8H10ClF2NO2S/c9-3-6(13)5-4-15-2-1-12(5)8(14)7(10)11/h5,7H,1-4H2. The molecule has 86 valence electrons. The van der Waals surface area contributed by atoms with Gasteiger partial charge in [0.15, 0.2) is 5.78 Å². The molecule has 0 bridgehead atoms. The molecule has 1 aliphatic rings.